The molecule has 0 heterocycles. The summed E-state index contributed by atoms with van der Waals surface area (Å²) in [4.78, 5) is 11.4. The van der Waals surface area contributed by atoms with Gasteiger partial charge in [-0.2, -0.15) is 5.26 Å². The number of benzene rings is 1. The van der Waals surface area contributed by atoms with Gasteiger partial charge in [-0.3, -0.25) is 4.79 Å². The van der Waals surface area contributed by atoms with Crippen molar-refractivity contribution in [2.75, 3.05) is 0 Å². The zero-order valence-electron chi connectivity index (χ0n) is 12.1. The van der Waals surface area contributed by atoms with Gasteiger partial charge < -0.3 is 4.74 Å². The quantitative estimate of drug-likeness (QED) is 0.776. The van der Waals surface area contributed by atoms with E-state index in [1.807, 2.05) is 18.2 Å². The van der Waals surface area contributed by atoms with Gasteiger partial charge in [-0.15, -0.1) is 0 Å². The molecule has 1 atom stereocenters. The van der Waals surface area contributed by atoms with Crippen molar-refractivity contribution in [1.29, 1.82) is 5.26 Å². The molecule has 0 saturated heterocycles. The van der Waals surface area contributed by atoms with Crippen LogP contribution in [0, 0.1) is 17.2 Å². The molecule has 0 radical (unpaired) electrons. The van der Waals surface area contributed by atoms with Crippen molar-refractivity contribution in [1.82, 2.24) is 0 Å². The molecule has 3 nitrogen and oxygen atoms in total. The van der Waals surface area contributed by atoms with Crippen LogP contribution in [0.3, 0.4) is 0 Å². The summed E-state index contributed by atoms with van der Waals surface area (Å²) in [6.45, 7) is 8.45. The molecular formula is C16H21NO2. The molecule has 1 rings (SSSR count). The number of ether oxygens (including phenoxy) is 1. The molecule has 0 amide bonds. The van der Waals surface area contributed by atoms with Crippen LogP contribution < -0.4 is 0 Å². The molecule has 1 unspecified atom stereocenters. The topological polar surface area (TPSA) is 50.1 Å². The minimum Gasteiger partial charge on any atom is -0.461 e. The van der Waals surface area contributed by atoms with E-state index in [0.29, 0.717) is 0 Å². The number of carbonyl (C=O) groups is 1. The summed E-state index contributed by atoms with van der Waals surface area (Å²) in [5.74, 6) is -0.621. The van der Waals surface area contributed by atoms with Crippen LogP contribution in [0.1, 0.15) is 45.2 Å². The Labute approximate surface area is 115 Å². The van der Waals surface area contributed by atoms with Crippen LogP contribution in [0.15, 0.2) is 24.3 Å². The lowest BCUT2D eigenvalue weighted by Gasteiger charge is -2.19. The third-order valence-electron chi connectivity index (χ3n) is 2.91. The van der Waals surface area contributed by atoms with Crippen LogP contribution >= 0.6 is 0 Å². The molecule has 0 aliphatic carbocycles. The zero-order valence-corrected chi connectivity index (χ0v) is 12.1. The standard InChI is InChI=1S/C16H21NO2/c1-12(10-17)9-15(18)19-11-13-5-7-14(8-6-13)16(2,3)4/h5-8,12H,9,11H2,1-4H3. The molecule has 0 saturated carbocycles. The molecular weight excluding hydrogens is 238 g/mol. The molecule has 0 aliphatic heterocycles. The minimum absolute atomic E-state index is 0.122. The van der Waals surface area contributed by atoms with Gasteiger partial charge in [0.1, 0.15) is 6.61 Å². The van der Waals surface area contributed by atoms with Crippen molar-refractivity contribution in [3.05, 3.63) is 35.4 Å². The largest absolute Gasteiger partial charge is 0.461 e. The van der Waals surface area contributed by atoms with Gasteiger partial charge in [0, 0.05) is 0 Å². The van der Waals surface area contributed by atoms with Gasteiger partial charge in [0.15, 0.2) is 0 Å². The van der Waals surface area contributed by atoms with Crippen LogP contribution in [-0.2, 0) is 21.6 Å². The average molecular weight is 259 g/mol. The highest BCUT2D eigenvalue weighted by Crippen LogP contribution is 2.22. The van der Waals surface area contributed by atoms with Crippen LogP contribution in [0.4, 0.5) is 0 Å². The highest BCUT2D eigenvalue weighted by molar-refractivity contribution is 5.70. The van der Waals surface area contributed by atoms with E-state index in [9.17, 15) is 4.79 Å². The predicted molar refractivity (Wildman–Crippen MR) is 74.3 cm³/mol. The molecule has 1 aromatic carbocycles. The van der Waals surface area contributed by atoms with Gasteiger partial charge in [-0.05, 0) is 23.5 Å². The van der Waals surface area contributed by atoms with Crippen molar-refractivity contribution in [3.8, 4) is 6.07 Å². The summed E-state index contributed by atoms with van der Waals surface area (Å²) >= 11 is 0. The van der Waals surface area contributed by atoms with Crippen LogP contribution in [-0.4, -0.2) is 5.97 Å². The maximum Gasteiger partial charge on any atom is 0.307 e. The Morgan fingerprint density at radius 1 is 1.32 bits per heavy atom. The van der Waals surface area contributed by atoms with E-state index >= 15 is 0 Å². The molecule has 0 bridgehead atoms. The lowest BCUT2D eigenvalue weighted by molar-refractivity contribution is -0.145. The summed E-state index contributed by atoms with van der Waals surface area (Å²) in [5, 5.41) is 8.62. The Kier molecular flexibility index (Phi) is 5.11. The van der Waals surface area contributed by atoms with Crippen LogP contribution in [0.25, 0.3) is 0 Å². The second-order valence-electron chi connectivity index (χ2n) is 5.84. The fourth-order valence-electron chi connectivity index (χ4n) is 1.62. The van der Waals surface area contributed by atoms with E-state index in [2.05, 4.69) is 32.9 Å². The molecule has 0 spiro atoms. The second kappa shape index (κ2) is 6.38. The second-order valence-corrected chi connectivity index (χ2v) is 5.84. The van der Waals surface area contributed by atoms with Gasteiger partial charge >= 0.3 is 5.97 Å². The number of carbonyl (C=O) groups excluding carboxylic acids is 1. The molecule has 0 aromatic heterocycles. The van der Waals surface area contributed by atoms with E-state index in [1.54, 1.807) is 6.92 Å². The molecule has 102 valence electrons. The fraction of sp³-hybridized carbons (Fsp3) is 0.500. The monoisotopic (exact) mass is 259 g/mol. The smallest absolute Gasteiger partial charge is 0.307 e. The Hall–Kier alpha value is -1.82. The predicted octanol–water partition coefficient (Wildman–Crippen LogP) is 3.58. The highest BCUT2D eigenvalue weighted by atomic mass is 16.5. The third-order valence-corrected chi connectivity index (χ3v) is 2.91. The van der Waals surface area contributed by atoms with E-state index in [0.717, 1.165) is 5.56 Å². The fourth-order valence-corrected chi connectivity index (χ4v) is 1.62. The SMILES string of the molecule is CC(C#N)CC(=O)OCc1ccc(C(C)(C)C)cc1. The third kappa shape index (κ3) is 5.13. The summed E-state index contributed by atoms with van der Waals surface area (Å²) < 4.78 is 5.14. The molecule has 19 heavy (non-hydrogen) atoms. The van der Waals surface area contributed by atoms with Crippen molar-refractivity contribution < 1.29 is 9.53 Å². The Morgan fingerprint density at radius 3 is 2.37 bits per heavy atom. The number of nitrogens with zero attached hydrogens (tertiary/aromatic N) is 1. The summed E-state index contributed by atoms with van der Waals surface area (Å²) in [6.07, 6.45) is 0.149. The minimum atomic E-state index is -0.325. The zero-order chi connectivity index (χ0) is 14.5. The first-order chi connectivity index (χ1) is 8.82. The Balaban J connectivity index is 2.51. The number of hydrogen-bond donors (Lipinski definition) is 0. The Morgan fingerprint density at radius 2 is 1.89 bits per heavy atom. The van der Waals surface area contributed by atoms with Crippen LogP contribution in [0.5, 0.6) is 0 Å². The summed E-state index contributed by atoms with van der Waals surface area (Å²) in [6, 6.07) is 10.1. The number of hydrogen-bond acceptors (Lipinski definition) is 3. The van der Waals surface area contributed by atoms with Crippen molar-refractivity contribution in [2.45, 2.75) is 46.1 Å². The first-order valence-corrected chi connectivity index (χ1v) is 6.47. The molecule has 0 N–H and O–H groups in total. The maximum absolute atomic E-state index is 11.4. The van der Waals surface area contributed by atoms with Gasteiger partial charge in [0.25, 0.3) is 0 Å². The van der Waals surface area contributed by atoms with Crippen LogP contribution in [0.2, 0.25) is 0 Å². The first kappa shape index (κ1) is 15.2. The van der Waals surface area contributed by atoms with E-state index in [1.165, 1.54) is 5.56 Å². The van der Waals surface area contributed by atoms with Crippen molar-refractivity contribution in [2.24, 2.45) is 5.92 Å². The number of rotatable bonds is 4. The average Bonchev–Trinajstić information content (AvgIpc) is 2.35. The molecule has 3 heteroatoms. The summed E-state index contributed by atoms with van der Waals surface area (Å²) in [5.41, 5.74) is 2.34. The van der Waals surface area contributed by atoms with Crippen molar-refractivity contribution in [3.63, 3.8) is 0 Å². The van der Waals surface area contributed by atoms with E-state index in [-0.39, 0.29) is 30.3 Å². The van der Waals surface area contributed by atoms with E-state index < -0.39 is 0 Å². The van der Waals surface area contributed by atoms with Gasteiger partial charge in [0.05, 0.1) is 18.4 Å². The molecule has 1 aromatic rings. The van der Waals surface area contributed by atoms with Gasteiger partial charge in [0.2, 0.25) is 0 Å². The van der Waals surface area contributed by atoms with Gasteiger partial charge in [-0.1, -0.05) is 45.0 Å². The summed E-state index contributed by atoms with van der Waals surface area (Å²) in [7, 11) is 0. The first-order valence-electron chi connectivity index (χ1n) is 6.47. The number of esters is 1. The number of nitriles is 1. The van der Waals surface area contributed by atoms with E-state index in [4.69, 9.17) is 10.00 Å². The normalized spacial score (nSPS) is 12.6. The highest BCUT2D eigenvalue weighted by Gasteiger charge is 2.13. The Bertz CT molecular complexity index is 463. The maximum atomic E-state index is 11.4. The van der Waals surface area contributed by atoms with Crippen molar-refractivity contribution >= 4 is 5.97 Å². The van der Waals surface area contributed by atoms with Gasteiger partial charge in [-0.25, -0.2) is 0 Å². The lowest BCUT2D eigenvalue weighted by atomic mass is 9.87. The molecule has 0 aliphatic rings. The lowest BCUT2D eigenvalue weighted by Crippen LogP contribution is -2.11. The molecule has 0 fully saturated rings.